The van der Waals surface area contributed by atoms with Crippen LogP contribution in [0.3, 0.4) is 0 Å². The topological polar surface area (TPSA) is 58.2 Å². The van der Waals surface area contributed by atoms with Crippen molar-refractivity contribution in [3.63, 3.8) is 0 Å². The van der Waals surface area contributed by atoms with Crippen LogP contribution in [0.5, 0.6) is 0 Å². The van der Waals surface area contributed by atoms with Crippen molar-refractivity contribution in [3.8, 4) is 0 Å². The highest BCUT2D eigenvalue weighted by Crippen LogP contribution is 2.15. The van der Waals surface area contributed by atoms with Crippen LogP contribution in [-0.4, -0.2) is 18.9 Å². The minimum absolute atomic E-state index is 0.0988. The number of rotatable bonds is 4. The van der Waals surface area contributed by atoms with Gasteiger partial charge in [0.2, 0.25) is 6.41 Å². The van der Waals surface area contributed by atoms with Gasteiger partial charge in [0.25, 0.3) is 5.91 Å². The quantitative estimate of drug-likeness (QED) is 0.730. The standard InChI is InChI=1S/C11H14N2O2/c1-3-12-11(15)9-4-5-10(13-7-14)8(2)6-9/h4-7H,3H2,1-2H3,(H,12,15)(H,13,14). The van der Waals surface area contributed by atoms with Gasteiger partial charge < -0.3 is 10.6 Å². The molecule has 4 heteroatoms. The molecule has 1 rings (SSSR count). The fourth-order valence-electron chi connectivity index (χ4n) is 1.29. The second-order valence-corrected chi connectivity index (χ2v) is 3.15. The third-order valence-corrected chi connectivity index (χ3v) is 2.04. The molecular formula is C11H14N2O2. The Hall–Kier alpha value is -1.84. The lowest BCUT2D eigenvalue weighted by Gasteiger charge is -2.07. The summed E-state index contributed by atoms with van der Waals surface area (Å²) in [4.78, 5) is 21.7. The van der Waals surface area contributed by atoms with Crippen molar-refractivity contribution in [2.24, 2.45) is 0 Å². The van der Waals surface area contributed by atoms with Crippen LogP contribution in [0.25, 0.3) is 0 Å². The Kier molecular flexibility index (Phi) is 3.85. The molecule has 0 aliphatic heterocycles. The molecule has 0 atom stereocenters. The Bertz CT molecular complexity index is 375. The Morgan fingerprint density at radius 3 is 2.73 bits per heavy atom. The molecule has 2 amide bonds. The van der Waals surface area contributed by atoms with Crippen LogP contribution in [-0.2, 0) is 4.79 Å². The van der Waals surface area contributed by atoms with Gasteiger partial charge in [-0.1, -0.05) is 0 Å². The van der Waals surface area contributed by atoms with Gasteiger partial charge in [-0.25, -0.2) is 0 Å². The number of nitrogens with one attached hydrogen (secondary N) is 2. The second kappa shape index (κ2) is 5.14. The largest absolute Gasteiger partial charge is 0.352 e. The summed E-state index contributed by atoms with van der Waals surface area (Å²) in [6, 6.07) is 5.15. The molecule has 1 aromatic carbocycles. The van der Waals surface area contributed by atoms with Crippen molar-refractivity contribution in [2.75, 3.05) is 11.9 Å². The van der Waals surface area contributed by atoms with Crippen molar-refractivity contribution in [3.05, 3.63) is 29.3 Å². The first-order valence-electron chi connectivity index (χ1n) is 4.78. The molecule has 0 saturated heterocycles. The zero-order chi connectivity index (χ0) is 11.3. The summed E-state index contributed by atoms with van der Waals surface area (Å²) in [7, 11) is 0. The van der Waals surface area contributed by atoms with E-state index in [0.717, 1.165) is 11.3 Å². The van der Waals surface area contributed by atoms with Gasteiger partial charge in [0, 0.05) is 17.8 Å². The fourth-order valence-corrected chi connectivity index (χ4v) is 1.29. The molecule has 0 aliphatic carbocycles. The molecule has 0 unspecified atom stereocenters. The van der Waals surface area contributed by atoms with E-state index in [1.54, 1.807) is 18.2 Å². The van der Waals surface area contributed by atoms with Crippen LogP contribution in [0.15, 0.2) is 18.2 Å². The maximum Gasteiger partial charge on any atom is 0.251 e. The molecular weight excluding hydrogens is 192 g/mol. The molecule has 1 aromatic rings. The molecule has 0 spiro atoms. The van der Waals surface area contributed by atoms with E-state index in [-0.39, 0.29) is 5.91 Å². The molecule has 80 valence electrons. The summed E-state index contributed by atoms with van der Waals surface area (Å²) in [5, 5.41) is 5.27. The van der Waals surface area contributed by atoms with Crippen molar-refractivity contribution >= 4 is 18.0 Å². The average Bonchev–Trinajstić information content (AvgIpc) is 2.21. The van der Waals surface area contributed by atoms with Crippen molar-refractivity contribution in [2.45, 2.75) is 13.8 Å². The smallest absolute Gasteiger partial charge is 0.251 e. The number of benzene rings is 1. The number of amides is 2. The minimum atomic E-state index is -0.0988. The lowest BCUT2D eigenvalue weighted by molar-refractivity contribution is -0.105. The summed E-state index contributed by atoms with van der Waals surface area (Å²) in [6.45, 7) is 4.31. The monoisotopic (exact) mass is 206 g/mol. The maximum atomic E-state index is 11.5. The Labute approximate surface area is 88.7 Å². The van der Waals surface area contributed by atoms with Crippen molar-refractivity contribution < 1.29 is 9.59 Å². The van der Waals surface area contributed by atoms with Crippen LogP contribution in [0.4, 0.5) is 5.69 Å². The summed E-state index contributed by atoms with van der Waals surface area (Å²) in [5.41, 5.74) is 2.19. The number of hydrogen-bond donors (Lipinski definition) is 2. The van der Waals surface area contributed by atoms with E-state index in [0.29, 0.717) is 18.5 Å². The van der Waals surface area contributed by atoms with Gasteiger partial charge in [0.15, 0.2) is 0 Å². The molecule has 0 bridgehead atoms. The van der Waals surface area contributed by atoms with E-state index in [1.165, 1.54) is 0 Å². The minimum Gasteiger partial charge on any atom is -0.352 e. The number of carbonyl (C=O) groups excluding carboxylic acids is 2. The van der Waals surface area contributed by atoms with Crippen LogP contribution in [0.1, 0.15) is 22.8 Å². The zero-order valence-corrected chi connectivity index (χ0v) is 8.83. The third-order valence-electron chi connectivity index (χ3n) is 2.04. The van der Waals surface area contributed by atoms with Crippen LogP contribution >= 0.6 is 0 Å². The predicted molar refractivity (Wildman–Crippen MR) is 58.9 cm³/mol. The highest BCUT2D eigenvalue weighted by molar-refractivity contribution is 5.95. The van der Waals surface area contributed by atoms with E-state index in [4.69, 9.17) is 0 Å². The molecule has 0 radical (unpaired) electrons. The molecule has 4 nitrogen and oxygen atoms in total. The number of anilines is 1. The average molecular weight is 206 g/mol. The summed E-state index contributed by atoms with van der Waals surface area (Å²) in [5.74, 6) is -0.0988. The lowest BCUT2D eigenvalue weighted by atomic mass is 10.1. The number of aryl methyl sites for hydroxylation is 1. The van der Waals surface area contributed by atoms with Gasteiger partial charge in [-0.05, 0) is 37.6 Å². The SMILES string of the molecule is CCNC(=O)c1ccc(NC=O)c(C)c1. The van der Waals surface area contributed by atoms with E-state index in [1.807, 2.05) is 13.8 Å². The van der Waals surface area contributed by atoms with Crippen molar-refractivity contribution in [1.82, 2.24) is 5.32 Å². The van der Waals surface area contributed by atoms with Crippen molar-refractivity contribution in [1.29, 1.82) is 0 Å². The summed E-state index contributed by atoms with van der Waals surface area (Å²) >= 11 is 0. The summed E-state index contributed by atoms with van der Waals surface area (Å²) < 4.78 is 0. The van der Waals surface area contributed by atoms with Gasteiger partial charge >= 0.3 is 0 Å². The first-order valence-corrected chi connectivity index (χ1v) is 4.78. The molecule has 0 heterocycles. The molecule has 0 fully saturated rings. The molecule has 0 saturated carbocycles. The Balaban J connectivity index is 2.90. The molecule has 2 N–H and O–H groups in total. The van der Waals surface area contributed by atoms with Gasteiger partial charge in [-0.15, -0.1) is 0 Å². The molecule has 0 aliphatic rings. The zero-order valence-electron chi connectivity index (χ0n) is 8.83. The van der Waals surface area contributed by atoms with Crippen LogP contribution in [0.2, 0.25) is 0 Å². The van der Waals surface area contributed by atoms with Crippen LogP contribution in [0, 0.1) is 6.92 Å². The van der Waals surface area contributed by atoms with E-state index in [2.05, 4.69) is 10.6 Å². The van der Waals surface area contributed by atoms with E-state index >= 15 is 0 Å². The first kappa shape index (κ1) is 11.2. The third kappa shape index (κ3) is 2.80. The highest BCUT2D eigenvalue weighted by atomic mass is 16.1. The van der Waals surface area contributed by atoms with E-state index in [9.17, 15) is 9.59 Å². The first-order chi connectivity index (χ1) is 7.19. The van der Waals surface area contributed by atoms with Crippen LogP contribution < -0.4 is 10.6 Å². The normalized spacial score (nSPS) is 9.47. The number of hydrogen-bond acceptors (Lipinski definition) is 2. The Morgan fingerprint density at radius 1 is 1.47 bits per heavy atom. The lowest BCUT2D eigenvalue weighted by Crippen LogP contribution is -2.22. The fraction of sp³-hybridized carbons (Fsp3) is 0.273. The number of carbonyl (C=O) groups is 2. The molecule has 15 heavy (non-hydrogen) atoms. The van der Waals surface area contributed by atoms with Gasteiger partial charge in [0.1, 0.15) is 0 Å². The molecule has 0 aromatic heterocycles. The maximum absolute atomic E-state index is 11.5. The second-order valence-electron chi connectivity index (χ2n) is 3.15. The van der Waals surface area contributed by atoms with Gasteiger partial charge in [-0.2, -0.15) is 0 Å². The Morgan fingerprint density at radius 2 is 2.20 bits per heavy atom. The summed E-state index contributed by atoms with van der Waals surface area (Å²) in [6.07, 6.45) is 0.619. The predicted octanol–water partition coefficient (Wildman–Crippen LogP) is 1.31. The van der Waals surface area contributed by atoms with Gasteiger partial charge in [-0.3, -0.25) is 9.59 Å². The van der Waals surface area contributed by atoms with E-state index < -0.39 is 0 Å². The van der Waals surface area contributed by atoms with Gasteiger partial charge in [0.05, 0.1) is 0 Å². The highest BCUT2D eigenvalue weighted by Gasteiger charge is 2.05.